The topological polar surface area (TPSA) is 58.6 Å². The zero-order valence-electron chi connectivity index (χ0n) is 20.7. The SMILES string of the molecule is COc1ccc([C@@H]2CC(=O)C3=C(C2)Nc2ccccc2N(C(=O)c2ccc(Cl)cc2)[C@H]3c2cccs2)cc1. The maximum absolute atomic E-state index is 14.2. The van der Waals surface area contributed by atoms with Crippen molar-refractivity contribution in [2.45, 2.75) is 24.8 Å². The van der Waals surface area contributed by atoms with Gasteiger partial charge in [-0.3, -0.25) is 14.5 Å². The van der Waals surface area contributed by atoms with Crippen molar-refractivity contribution in [3.63, 3.8) is 0 Å². The number of rotatable bonds is 4. The monoisotopic (exact) mass is 540 g/mol. The number of hydrogen-bond acceptors (Lipinski definition) is 5. The molecule has 2 heterocycles. The van der Waals surface area contributed by atoms with E-state index >= 15 is 0 Å². The number of halogens is 1. The lowest BCUT2D eigenvalue weighted by atomic mass is 9.79. The summed E-state index contributed by atoms with van der Waals surface area (Å²) in [4.78, 5) is 30.9. The Labute approximate surface area is 230 Å². The van der Waals surface area contributed by atoms with Crippen molar-refractivity contribution in [3.05, 3.63) is 123 Å². The highest BCUT2D eigenvalue weighted by atomic mass is 35.5. The van der Waals surface area contributed by atoms with E-state index in [9.17, 15) is 9.59 Å². The van der Waals surface area contributed by atoms with Gasteiger partial charge in [-0.05, 0) is 77.9 Å². The number of Topliss-reactive ketones (excluding diaryl/α,β-unsaturated/α-hetero) is 1. The summed E-state index contributed by atoms with van der Waals surface area (Å²) < 4.78 is 5.32. The minimum Gasteiger partial charge on any atom is -0.497 e. The average Bonchev–Trinajstić information content (AvgIpc) is 3.43. The van der Waals surface area contributed by atoms with Crippen LogP contribution >= 0.6 is 22.9 Å². The second kappa shape index (κ2) is 10.1. The van der Waals surface area contributed by atoms with Gasteiger partial charge in [-0.2, -0.15) is 0 Å². The van der Waals surface area contributed by atoms with Crippen LogP contribution in [0.1, 0.15) is 45.6 Å². The molecule has 0 spiro atoms. The van der Waals surface area contributed by atoms with E-state index in [-0.39, 0.29) is 17.6 Å². The van der Waals surface area contributed by atoms with Gasteiger partial charge in [0.1, 0.15) is 11.8 Å². The number of ketones is 1. The fourth-order valence-electron chi connectivity index (χ4n) is 5.37. The predicted molar refractivity (Wildman–Crippen MR) is 152 cm³/mol. The number of anilines is 2. The summed E-state index contributed by atoms with van der Waals surface area (Å²) in [5.41, 5.74) is 4.63. The van der Waals surface area contributed by atoms with E-state index in [0.29, 0.717) is 29.0 Å². The summed E-state index contributed by atoms with van der Waals surface area (Å²) in [6.07, 6.45) is 1.03. The average molecular weight is 541 g/mol. The van der Waals surface area contributed by atoms with Crippen molar-refractivity contribution in [1.82, 2.24) is 0 Å². The minimum atomic E-state index is -0.548. The number of carbonyl (C=O) groups excluding carboxylic acids is 2. The summed E-state index contributed by atoms with van der Waals surface area (Å²) in [5.74, 6) is 0.661. The Balaban J connectivity index is 1.50. The van der Waals surface area contributed by atoms with E-state index in [1.54, 1.807) is 47.6 Å². The summed E-state index contributed by atoms with van der Waals surface area (Å²) in [6, 6.07) is 26.0. The highest BCUT2D eigenvalue weighted by Crippen LogP contribution is 2.48. The fraction of sp³-hybridized carbons (Fsp3) is 0.161. The Morgan fingerprint density at radius 1 is 0.974 bits per heavy atom. The van der Waals surface area contributed by atoms with Crippen LogP contribution in [0.2, 0.25) is 5.02 Å². The molecule has 5 nitrogen and oxygen atoms in total. The minimum absolute atomic E-state index is 0.0225. The van der Waals surface area contributed by atoms with E-state index < -0.39 is 6.04 Å². The van der Waals surface area contributed by atoms with Crippen LogP contribution in [0.5, 0.6) is 5.75 Å². The first-order chi connectivity index (χ1) is 18.5. The lowest BCUT2D eigenvalue weighted by Crippen LogP contribution is -2.38. The van der Waals surface area contributed by atoms with Crippen LogP contribution in [0.15, 0.2) is 102 Å². The Kier molecular flexibility index (Phi) is 6.52. The van der Waals surface area contributed by atoms with Gasteiger partial charge in [-0.25, -0.2) is 0 Å². The second-order valence-electron chi connectivity index (χ2n) is 9.44. The molecule has 1 N–H and O–H groups in total. The number of thiophene rings is 1. The first kappa shape index (κ1) is 24.5. The summed E-state index contributed by atoms with van der Waals surface area (Å²) >= 11 is 7.67. The lowest BCUT2D eigenvalue weighted by molar-refractivity contribution is -0.116. The highest BCUT2D eigenvalue weighted by Gasteiger charge is 2.42. The number of fused-ring (bicyclic) bond motifs is 1. The quantitative estimate of drug-likeness (QED) is 0.289. The van der Waals surface area contributed by atoms with Crippen LogP contribution in [0.3, 0.4) is 0 Å². The van der Waals surface area contributed by atoms with Gasteiger partial charge in [-0.15, -0.1) is 11.3 Å². The van der Waals surface area contributed by atoms with Gasteiger partial charge >= 0.3 is 0 Å². The van der Waals surface area contributed by atoms with Crippen LogP contribution in [-0.4, -0.2) is 18.8 Å². The first-order valence-electron chi connectivity index (χ1n) is 12.4. The molecule has 0 bridgehead atoms. The third-order valence-electron chi connectivity index (χ3n) is 7.20. The number of nitrogens with zero attached hydrogens (tertiary/aromatic N) is 1. The van der Waals surface area contributed by atoms with Crippen molar-refractivity contribution in [3.8, 4) is 5.75 Å². The van der Waals surface area contributed by atoms with Gasteiger partial charge in [0.05, 0.1) is 18.5 Å². The largest absolute Gasteiger partial charge is 0.497 e. The molecule has 0 saturated carbocycles. The molecular formula is C31H25ClN2O3S. The van der Waals surface area contributed by atoms with E-state index in [2.05, 4.69) is 5.32 Å². The molecule has 2 atom stereocenters. The maximum Gasteiger partial charge on any atom is 0.259 e. The Bertz CT molecular complexity index is 1530. The highest BCUT2D eigenvalue weighted by molar-refractivity contribution is 7.10. The summed E-state index contributed by atoms with van der Waals surface area (Å²) in [6.45, 7) is 0. The number of methoxy groups -OCH3 is 1. The molecule has 1 aliphatic heterocycles. The third kappa shape index (κ3) is 4.40. The number of amides is 1. The predicted octanol–water partition coefficient (Wildman–Crippen LogP) is 7.62. The van der Waals surface area contributed by atoms with Crippen LogP contribution in [-0.2, 0) is 4.79 Å². The molecule has 190 valence electrons. The zero-order chi connectivity index (χ0) is 26.2. The standard InChI is InChI=1S/C31H25ClN2O3S/c1-37-23-14-10-19(11-15-23)21-17-25-29(27(35)18-21)30(28-7-4-16-38-28)34(26-6-3-2-5-24(26)33-25)31(36)20-8-12-22(32)13-9-20/h2-16,21,30,33H,17-18H2,1H3/t21-,30-/m0/s1. The molecular weight excluding hydrogens is 516 g/mol. The van der Waals surface area contributed by atoms with Crippen LogP contribution < -0.4 is 15.0 Å². The molecule has 0 fully saturated rings. The molecule has 0 radical (unpaired) electrons. The number of ether oxygens (including phenoxy) is 1. The first-order valence-corrected chi connectivity index (χ1v) is 13.7. The fourth-order valence-corrected chi connectivity index (χ4v) is 6.32. The molecule has 38 heavy (non-hydrogen) atoms. The van der Waals surface area contributed by atoms with Gasteiger partial charge in [0, 0.05) is 33.2 Å². The molecule has 1 amide bonds. The Morgan fingerprint density at radius 3 is 2.45 bits per heavy atom. The normalized spacial score (nSPS) is 18.8. The van der Waals surface area contributed by atoms with E-state index in [4.69, 9.17) is 16.3 Å². The molecule has 1 aromatic heterocycles. The Morgan fingerprint density at radius 2 is 1.74 bits per heavy atom. The van der Waals surface area contributed by atoms with Crippen LogP contribution in [0, 0.1) is 0 Å². The lowest BCUT2D eigenvalue weighted by Gasteiger charge is -2.34. The molecule has 2 aliphatic rings. The number of carbonyl (C=O) groups is 2. The zero-order valence-corrected chi connectivity index (χ0v) is 22.3. The number of benzene rings is 3. The van der Waals surface area contributed by atoms with E-state index in [1.165, 1.54) is 0 Å². The molecule has 1 aliphatic carbocycles. The van der Waals surface area contributed by atoms with Crippen molar-refractivity contribution in [2.75, 3.05) is 17.3 Å². The van der Waals surface area contributed by atoms with E-state index in [0.717, 1.165) is 33.3 Å². The van der Waals surface area contributed by atoms with Crippen molar-refractivity contribution in [1.29, 1.82) is 0 Å². The van der Waals surface area contributed by atoms with Crippen LogP contribution in [0.25, 0.3) is 0 Å². The number of nitrogens with one attached hydrogen (secondary N) is 1. The van der Waals surface area contributed by atoms with Crippen LogP contribution in [0.4, 0.5) is 11.4 Å². The third-order valence-corrected chi connectivity index (χ3v) is 8.38. The Hall–Kier alpha value is -3.87. The number of para-hydroxylation sites is 2. The summed E-state index contributed by atoms with van der Waals surface area (Å²) in [7, 11) is 1.64. The molecule has 0 saturated heterocycles. The van der Waals surface area contributed by atoms with Crippen molar-refractivity contribution < 1.29 is 14.3 Å². The van der Waals surface area contributed by atoms with Crippen molar-refractivity contribution in [2.24, 2.45) is 0 Å². The number of allylic oxidation sites excluding steroid dienone is 1. The molecule has 7 heteroatoms. The van der Waals surface area contributed by atoms with Crippen molar-refractivity contribution >= 4 is 46.0 Å². The molecule has 0 unspecified atom stereocenters. The number of hydrogen-bond donors (Lipinski definition) is 1. The second-order valence-corrected chi connectivity index (χ2v) is 10.9. The smallest absolute Gasteiger partial charge is 0.259 e. The van der Waals surface area contributed by atoms with E-state index in [1.807, 2.05) is 66.0 Å². The molecule has 4 aromatic rings. The van der Waals surface area contributed by atoms with Gasteiger partial charge < -0.3 is 10.1 Å². The summed E-state index contributed by atoms with van der Waals surface area (Å²) in [5, 5.41) is 6.12. The molecule has 6 rings (SSSR count). The van der Waals surface area contributed by atoms with Gasteiger partial charge in [0.15, 0.2) is 5.78 Å². The maximum atomic E-state index is 14.2. The van der Waals surface area contributed by atoms with Gasteiger partial charge in [0.2, 0.25) is 0 Å². The molecule has 3 aromatic carbocycles. The van der Waals surface area contributed by atoms with Gasteiger partial charge in [0.25, 0.3) is 5.91 Å². The van der Waals surface area contributed by atoms with Gasteiger partial charge in [-0.1, -0.05) is 41.9 Å².